The highest BCUT2D eigenvalue weighted by molar-refractivity contribution is 5.61. The molecule has 0 aliphatic carbocycles. The lowest BCUT2D eigenvalue weighted by Crippen LogP contribution is -2.40. The van der Waals surface area contributed by atoms with Crippen molar-refractivity contribution in [3.05, 3.63) is 47.9 Å². The second-order valence-electron chi connectivity index (χ2n) is 4.78. The van der Waals surface area contributed by atoms with Gasteiger partial charge in [0, 0.05) is 17.5 Å². The summed E-state index contributed by atoms with van der Waals surface area (Å²) in [5.74, 6) is 0.476. The first-order valence-corrected chi connectivity index (χ1v) is 5.76. The molecular formula is C14H13FN2O. The molecule has 3 nitrogen and oxygen atoms in total. The number of nitrogens with two attached hydrogens (primary N) is 1. The first kappa shape index (κ1) is 11.2. The van der Waals surface area contributed by atoms with E-state index in [0.717, 1.165) is 22.6 Å². The number of ether oxygens (including phenoxy) is 1. The second kappa shape index (κ2) is 3.78. The lowest BCUT2D eigenvalue weighted by molar-refractivity contribution is 0.124. The maximum atomic E-state index is 12.9. The van der Waals surface area contributed by atoms with Gasteiger partial charge in [0.1, 0.15) is 11.6 Å². The van der Waals surface area contributed by atoms with E-state index in [0.29, 0.717) is 6.42 Å². The summed E-state index contributed by atoms with van der Waals surface area (Å²) in [6.07, 6.45) is 2.32. The SMILES string of the molecule is CC1(N)Cc2cc(-c3ccc(F)cc3)ncc2O1. The highest BCUT2D eigenvalue weighted by atomic mass is 19.1. The average Bonchev–Trinajstić information content (AvgIpc) is 2.62. The first-order valence-electron chi connectivity index (χ1n) is 5.76. The van der Waals surface area contributed by atoms with Gasteiger partial charge in [0.25, 0.3) is 0 Å². The Hall–Kier alpha value is -1.94. The molecule has 2 aromatic rings. The fourth-order valence-corrected chi connectivity index (χ4v) is 2.16. The summed E-state index contributed by atoms with van der Waals surface area (Å²) in [6.45, 7) is 1.84. The topological polar surface area (TPSA) is 48.1 Å². The number of halogens is 1. The lowest BCUT2D eigenvalue weighted by atomic mass is 10.0. The van der Waals surface area contributed by atoms with Crippen molar-refractivity contribution in [2.24, 2.45) is 5.73 Å². The summed E-state index contributed by atoms with van der Waals surface area (Å²) in [5.41, 5.74) is 7.99. The van der Waals surface area contributed by atoms with Gasteiger partial charge >= 0.3 is 0 Å². The molecule has 1 aliphatic heterocycles. The summed E-state index contributed by atoms with van der Waals surface area (Å²) in [4.78, 5) is 4.31. The zero-order chi connectivity index (χ0) is 12.8. The molecule has 0 saturated carbocycles. The predicted molar refractivity (Wildman–Crippen MR) is 66.6 cm³/mol. The van der Waals surface area contributed by atoms with Crippen LogP contribution in [0, 0.1) is 5.82 Å². The minimum absolute atomic E-state index is 0.252. The zero-order valence-corrected chi connectivity index (χ0v) is 9.98. The van der Waals surface area contributed by atoms with Crippen LogP contribution in [-0.4, -0.2) is 10.7 Å². The normalized spacial score (nSPS) is 21.5. The molecule has 1 aromatic heterocycles. The van der Waals surface area contributed by atoms with Crippen LogP contribution in [0.2, 0.25) is 0 Å². The average molecular weight is 244 g/mol. The molecule has 0 amide bonds. The molecule has 0 fully saturated rings. The van der Waals surface area contributed by atoms with Gasteiger partial charge in [-0.15, -0.1) is 0 Å². The van der Waals surface area contributed by atoms with Gasteiger partial charge in [-0.3, -0.25) is 10.7 Å². The van der Waals surface area contributed by atoms with Gasteiger partial charge in [0.05, 0.1) is 11.9 Å². The van der Waals surface area contributed by atoms with E-state index in [-0.39, 0.29) is 5.82 Å². The van der Waals surface area contributed by atoms with Crippen LogP contribution in [0.1, 0.15) is 12.5 Å². The number of fused-ring (bicyclic) bond motifs is 1. The van der Waals surface area contributed by atoms with Gasteiger partial charge in [-0.05, 0) is 37.3 Å². The third kappa shape index (κ3) is 1.95. The van der Waals surface area contributed by atoms with Crippen molar-refractivity contribution in [2.75, 3.05) is 0 Å². The number of nitrogens with zero attached hydrogens (tertiary/aromatic N) is 1. The fourth-order valence-electron chi connectivity index (χ4n) is 2.16. The molecule has 3 rings (SSSR count). The van der Waals surface area contributed by atoms with E-state index in [2.05, 4.69) is 4.98 Å². The van der Waals surface area contributed by atoms with Gasteiger partial charge < -0.3 is 4.74 Å². The molecule has 1 aliphatic rings. The van der Waals surface area contributed by atoms with E-state index in [4.69, 9.17) is 10.5 Å². The molecule has 1 atom stereocenters. The summed E-state index contributed by atoms with van der Waals surface area (Å²) >= 11 is 0. The van der Waals surface area contributed by atoms with Crippen molar-refractivity contribution in [1.29, 1.82) is 0 Å². The van der Waals surface area contributed by atoms with Crippen LogP contribution in [0.3, 0.4) is 0 Å². The molecule has 0 bridgehead atoms. The van der Waals surface area contributed by atoms with Crippen molar-refractivity contribution in [3.63, 3.8) is 0 Å². The quantitative estimate of drug-likeness (QED) is 0.838. The van der Waals surface area contributed by atoms with Gasteiger partial charge in [-0.25, -0.2) is 4.39 Å². The van der Waals surface area contributed by atoms with E-state index in [9.17, 15) is 4.39 Å². The minimum Gasteiger partial charge on any atom is -0.471 e. The molecule has 4 heteroatoms. The monoisotopic (exact) mass is 244 g/mol. The Balaban J connectivity index is 1.99. The molecule has 0 spiro atoms. The van der Waals surface area contributed by atoms with Crippen molar-refractivity contribution >= 4 is 0 Å². The second-order valence-corrected chi connectivity index (χ2v) is 4.78. The van der Waals surface area contributed by atoms with Crippen LogP contribution in [0.25, 0.3) is 11.3 Å². The minimum atomic E-state index is -0.661. The van der Waals surface area contributed by atoms with Gasteiger partial charge in [0.2, 0.25) is 0 Å². The van der Waals surface area contributed by atoms with Crippen molar-refractivity contribution in [3.8, 4) is 17.0 Å². The van der Waals surface area contributed by atoms with Gasteiger partial charge in [-0.1, -0.05) is 0 Å². The Bertz CT molecular complexity index is 593. The number of hydrogen-bond acceptors (Lipinski definition) is 3. The third-order valence-corrected chi connectivity index (χ3v) is 2.97. The van der Waals surface area contributed by atoms with Crippen LogP contribution < -0.4 is 10.5 Å². The largest absolute Gasteiger partial charge is 0.471 e. The highest BCUT2D eigenvalue weighted by Gasteiger charge is 2.31. The standard InChI is InChI=1S/C14H13FN2O/c1-14(16)7-10-6-12(17-8-13(10)18-14)9-2-4-11(15)5-3-9/h2-6,8H,7,16H2,1H3. The Kier molecular flexibility index (Phi) is 2.35. The van der Waals surface area contributed by atoms with E-state index in [1.165, 1.54) is 12.1 Å². The Morgan fingerprint density at radius 2 is 2.06 bits per heavy atom. The van der Waals surface area contributed by atoms with E-state index >= 15 is 0 Å². The van der Waals surface area contributed by atoms with Crippen LogP contribution in [0.4, 0.5) is 4.39 Å². The van der Waals surface area contributed by atoms with Gasteiger partial charge in [-0.2, -0.15) is 0 Å². The van der Waals surface area contributed by atoms with E-state index in [1.54, 1.807) is 18.3 Å². The molecule has 1 unspecified atom stereocenters. The molecule has 18 heavy (non-hydrogen) atoms. The molecule has 0 saturated heterocycles. The molecule has 92 valence electrons. The third-order valence-electron chi connectivity index (χ3n) is 2.97. The smallest absolute Gasteiger partial charge is 0.159 e. The van der Waals surface area contributed by atoms with E-state index < -0.39 is 5.72 Å². The highest BCUT2D eigenvalue weighted by Crippen LogP contribution is 2.33. The molecule has 1 aromatic carbocycles. The van der Waals surface area contributed by atoms with Crippen LogP contribution >= 0.6 is 0 Å². The predicted octanol–water partition coefficient (Wildman–Crippen LogP) is 2.50. The first-order chi connectivity index (χ1) is 8.53. The van der Waals surface area contributed by atoms with Crippen LogP contribution in [0.15, 0.2) is 36.5 Å². The lowest BCUT2D eigenvalue weighted by Gasteiger charge is -2.16. The summed E-state index contributed by atoms with van der Waals surface area (Å²) < 4.78 is 18.4. The van der Waals surface area contributed by atoms with Gasteiger partial charge in [0.15, 0.2) is 5.72 Å². The molecule has 2 N–H and O–H groups in total. The van der Waals surface area contributed by atoms with Crippen molar-refractivity contribution < 1.29 is 9.13 Å². The Morgan fingerprint density at radius 1 is 1.33 bits per heavy atom. The number of pyridine rings is 1. The molecular weight excluding hydrogens is 231 g/mol. The van der Waals surface area contributed by atoms with Crippen molar-refractivity contribution in [1.82, 2.24) is 4.98 Å². The Morgan fingerprint density at radius 3 is 2.78 bits per heavy atom. The number of rotatable bonds is 1. The fraction of sp³-hybridized carbons (Fsp3) is 0.214. The summed E-state index contributed by atoms with van der Waals surface area (Å²) in [5, 5.41) is 0. The number of hydrogen-bond donors (Lipinski definition) is 1. The molecule has 0 radical (unpaired) electrons. The maximum absolute atomic E-state index is 12.9. The zero-order valence-electron chi connectivity index (χ0n) is 9.98. The van der Waals surface area contributed by atoms with Crippen molar-refractivity contribution in [2.45, 2.75) is 19.1 Å². The van der Waals surface area contributed by atoms with Crippen LogP contribution in [0.5, 0.6) is 5.75 Å². The van der Waals surface area contributed by atoms with Crippen LogP contribution in [-0.2, 0) is 6.42 Å². The summed E-state index contributed by atoms with van der Waals surface area (Å²) in [7, 11) is 0. The Labute approximate surface area is 104 Å². The summed E-state index contributed by atoms with van der Waals surface area (Å²) in [6, 6.07) is 8.21. The number of benzene rings is 1. The van der Waals surface area contributed by atoms with E-state index in [1.807, 2.05) is 13.0 Å². The maximum Gasteiger partial charge on any atom is 0.159 e. The molecule has 2 heterocycles. The number of aromatic nitrogens is 1.